The first kappa shape index (κ1) is 13.1. The van der Waals surface area contributed by atoms with E-state index in [-0.39, 0.29) is 0 Å². The first-order valence-electron chi connectivity index (χ1n) is 6.22. The summed E-state index contributed by atoms with van der Waals surface area (Å²) in [6.07, 6.45) is 1.43. The molecule has 0 atom stereocenters. The van der Waals surface area contributed by atoms with Gasteiger partial charge in [0.15, 0.2) is 6.29 Å². The average Bonchev–Trinajstić information content (AvgIpc) is 3.00. The Balaban J connectivity index is 2.04. The van der Waals surface area contributed by atoms with Crippen molar-refractivity contribution in [3.8, 4) is 6.07 Å². The number of thiophene rings is 2. The number of nitriles is 1. The van der Waals surface area contributed by atoms with Gasteiger partial charge in [0, 0.05) is 34.1 Å². The predicted molar refractivity (Wildman–Crippen MR) is 86.1 cm³/mol. The summed E-state index contributed by atoms with van der Waals surface area (Å²) < 4.78 is 3.59. The normalized spacial score (nSPS) is 10.8. The van der Waals surface area contributed by atoms with E-state index in [9.17, 15) is 4.79 Å². The van der Waals surface area contributed by atoms with E-state index >= 15 is 0 Å². The number of fused-ring (bicyclic) bond motifs is 3. The van der Waals surface area contributed by atoms with Crippen LogP contribution >= 0.6 is 22.7 Å². The largest absolute Gasteiger partial charge is 0.374 e. The second-order valence-electron chi connectivity index (χ2n) is 4.57. The maximum Gasteiger partial charge on any atom is 0.160 e. The van der Waals surface area contributed by atoms with Gasteiger partial charge in [-0.25, -0.2) is 0 Å². The SMILES string of the molecule is CN(CCC#N)c1ccc2c(c1)sc1cc(C=O)sc12. The Morgan fingerprint density at radius 3 is 2.90 bits per heavy atom. The smallest absolute Gasteiger partial charge is 0.160 e. The Kier molecular flexibility index (Phi) is 3.43. The molecule has 0 bridgehead atoms. The van der Waals surface area contributed by atoms with Crippen molar-refractivity contribution in [2.24, 2.45) is 0 Å². The molecule has 100 valence electrons. The molecule has 20 heavy (non-hydrogen) atoms. The van der Waals surface area contributed by atoms with Gasteiger partial charge < -0.3 is 4.90 Å². The zero-order valence-corrected chi connectivity index (χ0v) is 12.6. The summed E-state index contributed by atoms with van der Waals surface area (Å²) in [5.41, 5.74) is 1.12. The third kappa shape index (κ3) is 2.17. The molecular formula is C15H12N2OS2. The average molecular weight is 300 g/mol. The molecule has 3 rings (SSSR count). The van der Waals surface area contributed by atoms with Crippen LogP contribution in [-0.4, -0.2) is 19.9 Å². The maximum absolute atomic E-state index is 10.8. The minimum absolute atomic E-state index is 0.525. The fourth-order valence-electron chi connectivity index (χ4n) is 2.20. The van der Waals surface area contributed by atoms with Crippen LogP contribution in [0.2, 0.25) is 0 Å². The summed E-state index contributed by atoms with van der Waals surface area (Å²) in [5, 5.41) is 9.86. The summed E-state index contributed by atoms with van der Waals surface area (Å²) in [4.78, 5) is 13.7. The molecule has 0 aliphatic carbocycles. The van der Waals surface area contributed by atoms with Crippen LogP contribution < -0.4 is 4.90 Å². The quantitative estimate of drug-likeness (QED) is 0.676. The second-order valence-corrected chi connectivity index (χ2v) is 6.74. The Morgan fingerprint density at radius 2 is 2.15 bits per heavy atom. The summed E-state index contributed by atoms with van der Waals surface area (Å²) in [6, 6.07) is 10.5. The van der Waals surface area contributed by atoms with Crippen LogP contribution in [0, 0.1) is 11.3 Å². The Morgan fingerprint density at radius 1 is 1.30 bits per heavy atom. The standard InChI is InChI=1S/C15H12N2OS2/c1-17(6-2-5-16)10-3-4-12-13(7-10)20-14-8-11(9-18)19-15(12)14/h3-4,7-9H,2,6H2,1H3. The highest BCUT2D eigenvalue weighted by molar-refractivity contribution is 7.33. The lowest BCUT2D eigenvalue weighted by atomic mass is 10.2. The van der Waals surface area contributed by atoms with E-state index in [0.29, 0.717) is 6.42 Å². The highest BCUT2D eigenvalue weighted by Crippen LogP contribution is 2.40. The van der Waals surface area contributed by atoms with E-state index in [1.165, 1.54) is 19.5 Å². The highest BCUT2D eigenvalue weighted by Gasteiger charge is 2.10. The molecule has 5 heteroatoms. The van der Waals surface area contributed by atoms with Crippen LogP contribution in [0.25, 0.3) is 19.5 Å². The molecule has 3 nitrogen and oxygen atoms in total. The van der Waals surface area contributed by atoms with E-state index in [1.807, 2.05) is 13.1 Å². The highest BCUT2D eigenvalue weighted by atomic mass is 32.1. The van der Waals surface area contributed by atoms with Gasteiger partial charge in [0.25, 0.3) is 0 Å². The minimum atomic E-state index is 0.525. The van der Waals surface area contributed by atoms with Crippen LogP contribution in [0.4, 0.5) is 5.69 Å². The van der Waals surface area contributed by atoms with Crippen LogP contribution in [-0.2, 0) is 0 Å². The Labute approximate surface area is 124 Å². The summed E-state index contributed by atoms with van der Waals surface area (Å²) in [6.45, 7) is 0.733. The van der Waals surface area contributed by atoms with Gasteiger partial charge >= 0.3 is 0 Å². The zero-order valence-electron chi connectivity index (χ0n) is 10.9. The molecule has 0 radical (unpaired) electrons. The lowest BCUT2D eigenvalue weighted by Crippen LogP contribution is -2.17. The fraction of sp³-hybridized carbons (Fsp3) is 0.200. The molecule has 0 fully saturated rings. The number of hydrogen-bond acceptors (Lipinski definition) is 5. The molecule has 0 amide bonds. The Hall–Kier alpha value is -1.90. The van der Waals surface area contributed by atoms with Crippen molar-refractivity contribution in [3.63, 3.8) is 0 Å². The van der Waals surface area contributed by atoms with E-state index < -0.39 is 0 Å². The van der Waals surface area contributed by atoms with Gasteiger partial charge in [-0.3, -0.25) is 4.79 Å². The van der Waals surface area contributed by atoms with Crippen LogP contribution in [0.3, 0.4) is 0 Å². The Bertz CT molecular complexity index is 825. The van der Waals surface area contributed by atoms with Gasteiger partial charge in [0.2, 0.25) is 0 Å². The number of carbonyl (C=O) groups is 1. The van der Waals surface area contributed by atoms with Gasteiger partial charge in [-0.05, 0) is 18.2 Å². The number of nitrogens with zero attached hydrogens (tertiary/aromatic N) is 2. The molecular weight excluding hydrogens is 288 g/mol. The number of carbonyl (C=O) groups excluding carboxylic acids is 1. The summed E-state index contributed by atoms with van der Waals surface area (Å²) in [7, 11) is 2.00. The van der Waals surface area contributed by atoms with Crippen LogP contribution in [0.1, 0.15) is 16.1 Å². The molecule has 3 aromatic rings. The molecule has 0 saturated heterocycles. The second kappa shape index (κ2) is 5.23. The van der Waals surface area contributed by atoms with E-state index in [1.54, 1.807) is 22.7 Å². The lowest BCUT2D eigenvalue weighted by molar-refractivity contribution is 0.112. The number of anilines is 1. The van der Waals surface area contributed by atoms with E-state index in [2.05, 4.69) is 29.2 Å². The number of rotatable bonds is 4. The molecule has 1 aromatic carbocycles. The van der Waals surface area contributed by atoms with Crippen molar-refractivity contribution in [3.05, 3.63) is 29.1 Å². The predicted octanol–water partition coefficient (Wildman–Crippen LogP) is 4.28. The van der Waals surface area contributed by atoms with Crippen molar-refractivity contribution in [2.75, 3.05) is 18.5 Å². The molecule has 0 spiro atoms. The lowest BCUT2D eigenvalue weighted by Gasteiger charge is -2.17. The topological polar surface area (TPSA) is 44.1 Å². The maximum atomic E-state index is 10.8. The third-order valence-corrected chi connectivity index (χ3v) is 5.59. The van der Waals surface area contributed by atoms with Gasteiger partial charge in [-0.2, -0.15) is 5.26 Å². The monoisotopic (exact) mass is 300 g/mol. The molecule has 0 N–H and O–H groups in total. The molecule has 0 saturated carbocycles. The van der Waals surface area contributed by atoms with Gasteiger partial charge in [-0.15, -0.1) is 22.7 Å². The van der Waals surface area contributed by atoms with E-state index in [0.717, 1.165) is 23.4 Å². The van der Waals surface area contributed by atoms with Crippen LogP contribution in [0.5, 0.6) is 0 Å². The number of aldehydes is 1. The van der Waals surface area contributed by atoms with Crippen LogP contribution in [0.15, 0.2) is 24.3 Å². The van der Waals surface area contributed by atoms with Crippen molar-refractivity contribution < 1.29 is 4.79 Å². The first-order valence-corrected chi connectivity index (χ1v) is 7.85. The third-order valence-electron chi connectivity index (χ3n) is 3.26. The molecule has 0 aliphatic heterocycles. The molecule has 0 unspecified atom stereocenters. The first-order chi connectivity index (χ1) is 9.72. The molecule has 0 aliphatic rings. The van der Waals surface area contributed by atoms with Crippen molar-refractivity contribution >= 4 is 54.1 Å². The minimum Gasteiger partial charge on any atom is -0.374 e. The fourth-order valence-corrected chi connectivity index (χ4v) is 4.58. The van der Waals surface area contributed by atoms with Crippen molar-refractivity contribution in [1.29, 1.82) is 5.26 Å². The van der Waals surface area contributed by atoms with Crippen molar-refractivity contribution in [1.82, 2.24) is 0 Å². The van der Waals surface area contributed by atoms with Gasteiger partial charge in [0.1, 0.15) is 0 Å². The molecule has 2 aromatic heterocycles. The van der Waals surface area contributed by atoms with Gasteiger partial charge in [-0.1, -0.05) is 6.07 Å². The summed E-state index contributed by atoms with van der Waals surface area (Å²) >= 11 is 3.26. The number of benzene rings is 1. The van der Waals surface area contributed by atoms with Gasteiger partial charge in [0.05, 0.1) is 22.1 Å². The summed E-state index contributed by atoms with van der Waals surface area (Å²) in [5.74, 6) is 0. The number of hydrogen-bond donors (Lipinski definition) is 0. The van der Waals surface area contributed by atoms with Crippen molar-refractivity contribution in [2.45, 2.75) is 6.42 Å². The molecule has 2 heterocycles. The zero-order chi connectivity index (χ0) is 14.1. The van der Waals surface area contributed by atoms with E-state index in [4.69, 9.17) is 5.26 Å².